The van der Waals surface area contributed by atoms with Crippen LogP contribution in [0.1, 0.15) is 0 Å². The number of hydrogen-bond donors (Lipinski definition) is 0. The first kappa shape index (κ1) is 21.5. The van der Waals surface area contributed by atoms with Crippen molar-refractivity contribution >= 4 is 65.4 Å². The van der Waals surface area contributed by atoms with E-state index in [4.69, 9.17) is 14.4 Å². The van der Waals surface area contributed by atoms with Gasteiger partial charge in [0.05, 0.1) is 22.2 Å². The number of aromatic nitrogens is 3. The molecule has 0 N–H and O–H groups in total. The number of furan rings is 1. The van der Waals surface area contributed by atoms with E-state index in [1.54, 1.807) is 0 Å². The predicted molar refractivity (Wildman–Crippen MR) is 164 cm³/mol. The second-order valence-corrected chi connectivity index (χ2v) is 10.2. The summed E-state index contributed by atoms with van der Waals surface area (Å²) in [6, 6.07) is 44.2. The fourth-order valence-corrected chi connectivity index (χ4v) is 6.17. The number of nitrogens with zero attached hydrogens (tertiary/aromatic N) is 3. The van der Waals surface area contributed by atoms with Crippen LogP contribution in [0, 0.1) is 0 Å². The molecule has 9 aromatic rings. The summed E-state index contributed by atoms with van der Waals surface area (Å²) in [5.74, 6) is 0.643. The number of fused-ring (bicyclic) bond motifs is 9. The third-order valence-electron chi connectivity index (χ3n) is 8.00. The molecule has 0 spiro atoms. The van der Waals surface area contributed by atoms with Crippen molar-refractivity contribution < 1.29 is 4.42 Å². The Balaban J connectivity index is 1.45. The molecule has 6 aromatic carbocycles. The summed E-state index contributed by atoms with van der Waals surface area (Å²) in [4.78, 5) is 10.5. The molecule has 0 aliphatic carbocycles. The zero-order valence-corrected chi connectivity index (χ0v) is 21.4. The lowest BCUT2D eigenvalue weighted by molar-refractivity contribution is 0.669. The number of hydrogen-bond acceptors (Lipinski definition) is 3. The third kappa shape index (κ3) is 2.96. The average Bonchev–Trinajstić information content (AvgIpc) is 3.54. The zero-order chi connectivity index (χ0) is 26.2. The molecule has 0 bridgehead atoms. The Morgan fingerprint density at radius 2 is 1.23 bits per heavy atom. The molecule has 0 atom stereocenters. The molecule has 0 amide bonds. The standard InChI is InChI=1S/C36H21N3O/c1-2-11-23(12-3-1)34-27-19-18-22-10-4-5-13-24(22)35(27)38-36(37-34)39-30-16-8-6-14-25(30)28-20-29-26-15-7-9-17-32(26)40-33(29)21-31(28)39/h1-21H. The van der Waals surface area contributed by atoms with Crippen LogP contribution in [0.3, 0.4) is 0 Å². The fourth-order valence-electron chi connectivity index (χ4n) is 6.17. The average molecular weight is 512 g/mol. The van der Waals surface area contributed by atoms with Gasteiger partial charge in [0.2, 0.25) is 5.95 Å². The minimum Gasteiger partial charge on any atom is -0.456 e. The molecule has 0 aliphatic heterocycles. The number of benzene rings is 6. The molecule has 0 saturated heterocycles. The van der Waals surface area contributed by atoms with E-state index >= 15 is 0 Å². The van der Waals surface area contributed by atoms with E-state index in [2.05, 4.69) is 114 Å². The third-order valence-corrected chi connectivity index (χ3v) is 8.00. The van der Waals surface area contributed by atoms with Gasteiger partial charge < -0.3 is 4.42 Å². The van der Waals surface area contributed by atoms with Crippen molar-refractivity contribution in [2.24, 2.45) is 0 Å². The summed E-state index contributed by atoms with van der Waals surface area (Å²) in [5, 5.41) is 7.85. The normalized spacial score (nSPS) is 12.0. The molecule has 0 fully saturated rings. The molecule has 0 unspecified atom stereocenters. The molecule has 3 aromatic heterocycles. The van der Waals surface area contributed by atoms with Crippen molar-refractivity contribution in [3.63, 3.8) is 0 Å². The van der Waals surface area contributed by atoms with E-state index in [9.17, 15) is 0 Å². The Morgan fingerprint density at radius 3 is 2.12 bits per heavy atom. The van der Waals surface area contributed by atoms with Gasteiger partial charge in [-0.2, -0.15) is 0 Å². The first-order valence-corrected chi connectivity index (χ1v) is 13.4. The van der Waals surface area contributed by atoms with Crippen LogP contribution in [0.5, 0.6) is 0 Å². The van der Waals surface area contributed by atoms with Crippen LogP contribution in [-0.2, 0) is 0 Å². The highest BCUT2D eigenvalue weighted by Gasteiger charge is 2.20. The largest absolute Gasteiger partial charge is 0.456 e. The van der Waals surface area contributed by atoms with Gasteiger partial charge in [0.15, 0.2) is 0 Å². The molecule has 186 valence electrons. The smallest absolute Gasteiger partial charge is 0.235 e. The van der Waals surface area contributed by atoms with Gasteiger partial charge >= 0.3 is 0 Å². The van der Waals surface area contributed by atoms with Crippen LogP contribution in [0.15, 0.2) is 132 Å². The Bertz CT molecular complexity index is 2430. The Hall–Kier alpha value is -5.48. The van der Waals surface area contributed by atoms with Gasteiger partial charge in [-0.3, -0.25) is 4.57 Å². The van der Waals surface area contributed by atoms with Crippen LogP contribution in [0.4, 0.5) is 0 Å². The molecular formula is C36H21N3O. The van der Waals surface area contributed by atoms with Crippen LogP contribution >= 0.6 is 0 Å². The number of para-hydroxylation sites is 2. The first-order valence-electron chi connectivity index (χ1n) is 13.4. The van der Waals surface area contributed by atoms with E-state index in [0.29, 0.717) is 5.95 Å². The lowest BCUT2D eigenvalue weighted by Crippen LogP contribution is -2.03. The summed E-state index contributed by atoms with van der Waals surface area (Å²) < 4.78 is 8.50. The van der Waals surface area contributed by atoms with Gasteiger partial charge in [-0.15, -0.1) is 0 Å². The summed E-state index contributed by atoms with van der Waals surface area (Å²) in [6.07, 6.45) is 0. The van der Waals surface area contributed by atoms with E-state index < -0.39 is 0 Å². The summed E-state index contributed by atoms with van der Waals surface area (Å²) in [6.45, 7) is 0. The zero-order valence-electron chi connectivity index (χ0n) is 21.4. The Kier molecular flexibility index (Phi) is 4.30. The summed E-state index contributed by atoms with van der Waals surface area (Å²) >= 11 is 0. The van der Waals surface area contributed by atoms with Gasteiger partial charge in [-0.1, -0.05) is 97.1 Å². The van der Waals surface area contributed by atoms with Gasteiger partial charge in [-0.25, -0.2) is 9.97 Å². The molecule has 4 nitrogen and oxygen atoms in total. The monoisotopic (exact) mass is 511 g/mol. The minimum absolute atomic E-state index is 0.643. The molecule has 3 heterocycles. The van der Waals surface area contributed by atoms with Crippen molar-refractivity contribution in [1.82, 2.24) is 14.5 Å². The van der Waals surface area contributed by atoms with Crippen LogP contribution < -0.4 is 0 Å². The van der Waals surface area contributed by atoms with Crippen LogP contribution in [-0.4, -0.2) is 14.5 Å². The summed E-state index contributed by atoms with van der Waals surface area (Å²) in [7, 11) is 0. The van der Waals surface area contributed by atoms with E-state index in [0.717, 1.165) is 76.7 Å². The molecule has 0 aliphatic rings. The topological polar surface area (TPSA) is 43.9 Å². The second-order valence-electron chi connectivity index (χ2n) is 10.2. The van der Waals surface area contributed by atoms with Gasteiger partial charge in [0.1, 0.15) is 11.2 Å². The molecular weight excluding hydrogens is 490 g/mol. The van der Waals surface area contributed by atoms with Crippen molar-refractivity contribution in [3.05, 3.63) is 127 Å². The van der Waals surface area contributed by atoms with Crippen LogP contribution in [0.25, 0.3) is 82.6 Å². The molecule has 0 saturated carbocycles. The Morgan fingerprint density at radius 1 is 0.475 bits per heavy atom. The van der Waals surface area contributed by atoms with Crippen molar-refractivity contribution in [2.75, 3.05) is 0 Å². The van der Waals surface area contributed by atoms with Gasteiger partial charge in [0, 0.05) is 43.9 Å². The van der Waals surface area contributed by atoms with Gasteiger partial charge in [0.25, 0.3) is 0 Å². The molecule has 40 heavy (non-hydrogen) atoms. The maximum absolute atomic E-state index is 6.31. The van der Waals surface area contributed by atoms with Crippen molar-refractivity contribution in [3.8, 4) is 17.2 Å². The molecule has 9 rings (SSSR count). The molecule has 4 heteroatoms. The lowest BCUT2D eigenvalue weighted by atomic mass is 10.0. The maximum Gasteiger partial charge on any atom is 0.235 e. The highest BCUT2D eigenvalue weighted by molar-refractivity contribution is 6.17. The van der Waals surface area contributed by atoms with Gasteiger partial charge in [-0.05, 0) is 29.7 Å². The fraction of sp³-hybridized carbons (Fsp3) is 0. The predicted octanol–water partition coefficient (Wildman–Crippen LogP) is 9.45. The van der Waals surface area contributed by atoms with Crippen molar-refractivity contribution in [1.29, 1.82) is 0 Å². The first-order chi connectivity index (χ1) is 19.8. The quantitative estimate of drug-likeness (QED) is 0.217. The highest BCUT2D eigenvalue weighted by atomic mass is 16.3. The lowest BCUT2D eigenvalue weighted by Gasteiger charge is -2.13. The van der Waals surface area contributed by atoms with Crippen molar-refractivity contribution in [2.45, 2.75) is 0 Å². The molecule has 0 radical (unpaired) electrons. The summed E-state index contributed by atoms with van der Waals surface area (Å²) in [5.41, 5.74) is 6.75. The van der Waals surface area contributed by atoms with Crippen LogP contribution in [0.2, 0.25) is 0 Å². The second kappa shape index (κ2) is 8.01. The van der Waals surface area contributed by atoms with E-state index in [-0.39, 0.29) is 0 Å². The highest BCUT2D eigenvalue weighted by Crippen LogP contribution is 2.39. The van der Waals surface area contributed by atoms with E-state index in [1.165, 1.54) is 0 Å². The Labute approximate surface area is 228 Å². The SMILES string of the molecule is c1ccc(-c2nc(-n3c4ccccc4c4cc5c(cc43)oc3ccccc35)nc3c2ccc2ccccc23)cc1. The maximum atomic E-state index is 6.31. The minimum atomic E-state index is 0.643. The number of rotatable bonds is 2. The van der Waals surface area contributed by atoms with E-state index in [1.807, 2.05) is 18.2 Å².